The maximum Gasteiger partial charge on any atom is 0.328 e. The first-order chi connectivity index (χ1) is 10.1. The van der Waals surface area contributed by atoms with Crippen LogP contribution in [-0.2, 0) is 13.0 Å². The van der Waals surface area contributed by atoms with Gasteiger partial charge in [0.2, 0.25) is 0 Å². The van der Waals surface area contributed by atoms with Crippen LogP contribution >= 0.6 is 11.3 Å². The van der Waals surface area contributed by atoms with Crippen molar-refractivity contribution >= 4 is 27.4 Å². The van der Waals surface area contributed by atoms with Crippen LogP contribution < -0.4 is 17.0 Å². The molecule has 0 fully saturated rings. The van der Waals surface area contributed by atoms with Crippen molar-refractivity contribution < 1.29 is 0 Å². The maximum absolute atomic E-state index is 11.8. The highest BCUT2D eigenvalue weighted by Crippen LogP contribution is 2.22. The molecular formula is C13H13N5O2S. The van der Waals surface area contributed by atoms with Gasteiger partial charge in [0.05, 0.1) is 11.9 Å². The summed E-state index contributed by atoms with van der Waals surface area (Å²) in [4.78, 5) is 35.1. The number of aromatic amines is 1. The monoisotopic (exact) mass is 303 g/mol. The number of H-pyrrole nitrogens is 1. The maximum atomic E-state index is 11.8. The van der Waals surface area contributed by atoms with E-state index >= 15 is 0 Å². The molecule has 0 atom stereocenters. The third kappa shape index (κ3) is 2.45. The van der Waals surface area contributed by atoms with E-state index in [4.69, 9.17) is 5.73 Å². The number of nitrogen functional groups attached to an aromatic ring is 1. The third-order valence-electron chi connectivity index (χ3n) is 3.18. The Morgan fingerprint density at radius 3 is 2.95 bits per heavy atom. The Kier molecular flexibility index (Phi) is 3.30. The number of hydrogen-bond acceptors (Lipinski definition) is 6. The van der Waals surface area contributed by atoms with E-state index in [1.54, 1.807) is 6.20 Å². The molecular weight excluding hydrogens is 290 g/mol. The van der Waals surface area contributed by atoms with Crippen LogP contribution in [0, 0.1) is 0 Å². The lowest BCUT2D eigenvalue weighted by molar-refractivity contribution is 0.680. The number of anilines is 1. The fraction of sp³-hybridized carbons (Fsp3) is 0.231. The lowest BCUT2D eigenvalue weighted by atomic mass is 10.2. The summed E-state index contributed by atoms with van der Waals surface area (Å²) in [6.45, 7) is 2.02. The van der Waals surface area contributed by atoms with Gasteiger partial charge in [0.25, 0.3) is 5.56 Å². The number of nitrogens with two attached hydrogens (primary N) is 1. The first-order valence-corrected chi connectivity index (χ1v) is 7.28. The Hall–Kier alpha value is -2.48. The number of aromatic nitrogens is 4. The third-order valence-corrected chi connectivity index (χ3v) is 3.98. The number of hydrogen-bond donors (Lipinski definition) is 2. The van der Waals surface area contributed by atoms with E-state index in [2.05, 4.69) is 15.0 Å². The molecule has 3 rings (SSSR count). The quantitative estimate of drug-likeness (QED) is 0.742. The average Bonchev–Trinajstić information content (AvgIpc) is 2.90. The summed E-state index contributed by atoms with van der Waals surface area (Å²) in [7, 11) is 0. The zero-order valence-electron chi connectivity index (χ0n) is 11.3. The minimum absolute atomic E-state index is 0.167. The van der Waals surface area contributed by atoms with Gasteiger partial charge in [0.1, 0.15) is 10.6 Å². The summed E-state index contributed by atoms with van der Waals surface area (Å²) in [5.41, 5.74) is 5.59. The first kappa shape index (κ1) is 13.5. The average molecular weight is 303 g/mol. The molecule has 0 spiro atoms. The number of fused-ring (bicyclic) bond motifs is 1. The molecule has 8 heteroatoms. The molecule has 3 aromatic heterocycles. The largest absolute Gasteiger partial charge is 0.383 e. The van der Waals surface area contributed by atoms with Crippen molar-refractivity contribution in [3.8, 4) is 0 Å². The molecule has 0 bridgehead atoms. The summed E-state index contributed by atoms with van der Waals surface area (Å²) < 4.78 is 1.38. The van der Waals surface area contributed by atoms with Crippen molar-refractivity contribution in [1.82, 2.24) is 19.5 Å². The molecule has 3 N–H and O–H groups in total. The highest BCUT2D eigenvalue weighted by Gasteiger charge is 2.09. The second-order valence-electron chi connectivity index (χ2n) is 4.56. The van der Waals surface area contributed by atoms with Gasteiger partial charge in [-0.3, -0.25) is 14.3 Å². The molecule has 3 heterocycles. The van der Waals surface area contributed by atoms with E-state index in [1.165, 1.54) is 15.9 Å². The Bertz CT molecular complexity index is 924. The topological polar surface area (TPSA) is 107 Å². The van der Waals surface area contributed by atoms with E-state index in [1.807, 2.05) is 18.4 Å². The molecule has 21 heavy (non-hydrogen) atoms. The van der Waals surface area contributed by atoms with Crippen molar-refractivity contribution in [2.24, 2.45) is 0 Å². The number of nitrogens with zero attached hydrogens (tertiary/aromatic N) is 3. The van der Waals surface area contributed by atoms with Crippen LogP contribution in [0.15, 0.2) is 27.2 Å². The summed E-state index contributed by atoms with van der Waals surface area (Å²) in [6.07, 6.45) is 2.09. The zero-order chi connectivity index (χ0) is 15.0. The number of rotatable bonds is 3. The highest BCUT2D eigenvalue weighted by molar-refractivity contribution is 7.16. The molecule has 0 aliphatic rings. The first-order valence-electron chi connectivity index (χ1n) is 6.40. The molecule has 7 nitrogen and oxygen atoms in total. The molecule has 0 aromatic carbocycles. The number of thiophene rings is 1. The predicted octanol–water partition coefficient (Wildman–Crippen LogP) is 0.734. The van der Waals surface area contributed by atoms with E-state index < -0.39 is 5.69 Å². The Morgan fingerprint density at radius 1 is 1.38 bits per heavy atom. The second-order valence-corrected chi connectivity index (χ2v) is 5.45. The van der Waals surface area contributed by atoms with Gasteiger partial charge in [-0.1, -0.05) is 6.92 Å². The fourth-order valence-electron chi connectivity index (χ4n) is 2.07. The van der Waals surface area contributed by atoms with Crippen LogP contribution in [0.4, 0.5) is 5.82 Å². The van der Waals surface area contributed by atoms with Crippen molar-refractivity contribution in [2.45, 2.75) is 19.9 Å². The molecule has 3 aromatic rings. The molecule has 0 saturated heterocycles. The van der Waals surface area contributed by atoms with Gasteiger partial charge in [-0.15, -0.1) is 11.3 Å². The zero-order valence-corrected chi connectivity index (χ0v) is 12.1. The minimum atomic E-state index is -0.481. The van der Waals surface area contributed by atoms with Crippen LogP contribution in [0.25, 0.3) is 10.2 Å². The van der Waals surface area contributed by atoms with Crippen molar-refractivity contribution in [3.05, 3.63) is 49.9 Å². The SMILES string of the molecule is CCc1cn(Cc2nc(N)c3ccsc3n2)c(=O)[nH]c1=O. The Labute approximate surface area is 123 Å². The summed E-state index contributed by atoms with van der Waals surface area (Å²) >= 11 is 1.46. The van der Waals surface area contributed by atoms with E-state index in [-0.39, 0.29) is 12.1 Å². The van der Waals surface area contributed by atoms with E-state index in [0.29, 0.717) is 23.6 Å². The minimum Gasteiger partial charge on any atom is -0.383 e. The molecule has 0 radical (unpaired) electrons. The highest BCUT2D eigenvalue weighted by atomic mass is 32.1. The van der Waals surface area contributed by atoms with Crippen molar-refractivity contribution in [1.29, 1.82) is 0 Å². The summed E-state index contributed by atoms with van der Waals surface area (Å²) in [5.74, 6) is 0.836. The van der Waals surface area contributed by atoms with Crippen molar-refractivity contribution in [2.75, 3.05) is 5.73 Å². The van der Waals surface area contributed by atoms with Gasteiger partial charge in [0.15, 0.2) is 5.82 Å². The fourth-order valence-corrected chi connectivity index (χ4v) is 2.86. The normalized spacial score (nSPS) is 11.1. The van der Waals surface area contributed by atoms with Crippen LogP contribution in [0.2, 0.25) is 0 Å². The van der Waals surface area contributed by atoms with Gasteiger partial charge in [-0.25, -0.2) is 14.8 Å². The predicted molar refractivity (Wildman–Crippen MR) is 81.6 cm³/mol. The lowest BCUT2D eigenvalue weighted by Gasteiger charge is -2.06. The molecule has 0 unspecified atom stereocenters. The second kappa shape index (κ2) is 5.13. The van der Waals surface area contributed by atoms with Gasteiger partial charge in [0, 0.05) is 11.8 Å². The van der Waals surface area contributed by atoms with Gasteiger partial charge >= 0.3 is 5.69 Å². The number of aryl methyl sites for hydroxylation is 1. The lowest BCUT2D eigenvalue weighted by Crippen LogP contribution is -2.32. The van der Waals surface area contributed by atoms with Crippen molar-refractivity contribution in [3.63, 3.8) is 0 Å². The molecule has 0 saturated carbocycles. The molecule has 0 amide bonds. The van der Waals surface area contributed by atoms with Crippen LogP contribution in [-0.4, -0.2) is 19.5 Å². The summed E-state index contributed by atoms with van der Waals surface area (Å²) in [6, 6.07) is 1.86. The standard InChI is InChI=1S/C13H13N5O2S/c1-2-7-5-18(13(20)17-11(7)19)6-9-15-10(14)8-3-4-21-12(8)16-9/h3-5H,2,6H2,1H3,(H2,14,15,16)(H,17,19,20). The van der Waals surface area contributed by atoms with Crippen LogP contribution in [0.5, 0.6) is 0 Å². The van der Waals surface area contributed by atoms with Gasteiger partial charge in [-0.2, -0.15) is 0 Å². The van der Waals surface area contributed by atoms with Gasteiger partial charge in [-0.05, 0) is 17.9 Å². The smallest absolute Gasteiger partial charge is 0.328 e. The molecule has 108 valence electrons. The number of nitrogens with one attached hydrogen (secondary N) is 1. The van der Waals surface area contributed by atoms with Crippen LogP contribution in [0.1, 0.15) is 18.3 Å². The van der Waals surface area contributed by atoms with E-state index in [0.717, 1.165) is 10.2 Å². The van der Waals surface area contributed by atoms with Gasteiger partial charge < -0.3 is 5.73 Å². The Balaban J connectivity index is 2.06. The Morgan fingerprint density at radius 2 is 2.19 bits per heavy atom. The summed E-state index contributed by atoms with van der Waals surface area (Å²) in [5, 5.41) is 2.70. The molecule has 0 aliphatic heterocycles. The van der Waals surface area contributed by atoms with E-state index in [9.17, 15) is 9.59 Å². The van der Waals surface area contributed by atoms with Crippen LogP contribution in [0.3, 0.4) is 0 Å². The molecule has 0 aliphatic carbocycles.